The summed E-state index contributed by atoms with van der Waals surface area (Å²) < 4.78 is 74.9. The number of sulfonamides is 1. The number of alkyl halides is 3. The Morgan fingerprint density at radius 3 is 2.31 bits per heavy atom. The molecule has 4 rings (SSSR count). The highest BCUT2D eigenvalue weighted by Gasteiger charge is 2.33. The predicted octanol–water partition coefficient (Wildman–Crippen LogP) is 3.60. The summed E-state index contributed by atoms with van der Waals surface area (Å²) in [6.45, 7) is 5.16. The van der Waals surface area contributed by atoms with Gasteiger partial charge in [-0.1, -0.05) is 24.3 Å². The van der Waals surface area contributed by atoms with Crippen molar-refractivity contribution in [2.75, 3.05) is 4.72 Å². The summed E-state index contributed by atoms with van der Waals surface area (Å²) in [6, 6.07) is 8.86. The van der Waals surface area contributed by atoms with E-state index in [1.54, 1.807) is 45.0 Å². The summed E-state index contributed by atoms with van der Waals surface area (Å²) in [6.07, 6.45) is -4.19. The smallest absolute Gasteiger partial charge is 0.444 e. The minimum atomic E-state index is -4.95. The molecule has 1 aliphatic rings. The van der Waals surface area contributed by atoms with Gasteiger partial charge in [-0.05, 0) is 57.0 Å². The number of nitrogens with one attached hydrogen (secondary N) is 4. The Morgan fingerprint density at radius 1 is 1.07 bits per heavy atom. The normalized spacial score (nSPS) is 14.7. The second-order valence-corrected chi connectivity index (χ2v) is 12.5. The number of hydrogen-bond acceptors (Lipinski definition) is 9. The van der Waals surface area contributed by atoms with Gasteiger partial charge in [0.15, 0.2) is 0 Å². The molecule has 17 heteroatoms. The van der Waals surface area contributed by atoms with Crippen LogP contribution in [0.15, 0.2) is 64.4 Å². The topological polar surface area (TPSA) is 182 Å². The molecular formula is C28H29F3N6O7S. The van der Waals surface area contributed by atoms with Gasteiger partial charge in [0.05, 0.1) is 11.1 Å². The van der Waals surface area contributed by atoms with Gasteiger partial charge >= 0.3 is 12.5 Å². The van der Waals surface area contributed by atoms with Gasteiger partial charge in [-0.3, -0.25) is 29.6 Å². The van der Waals surface area contributed by atoms with E-state index in [-0.39, 0.29) is 31.0 Å². The van der Waals surface area contributed by atoms with Crippen molar-refractivity contribution in [3.8, 4) is 5.75 Å². The number of benzene rings is 2. The summed E-state index contributed by atoms with van der Waals surface area (Å²) in [5.74, 6) is -1.04. The molecule has 0 fully saturated rings. The second kappa shape index (κ2) is 12.6. The lowest BCUT2D eigenvalue weighted by atomic mass is 10.1. The van der Waals surface area contributed by atoms with Crippen LogP contribution in [0.1, 0.15) is 50.2 Å². The molecule has 1 atom stereocenters. The fourth-order valence-electron chi connectivity index (χ4n) is 4.32. The van der Waals surface area contributed by atoms with E-state index < -0.39 is 61.9 Å². The molecule has 0 unspecified atom stereocenters. The number of carbonyl (C=O) groups is 2. The van der Waals surface area contributed by atoms with Crippen molar-refractivity contribution in [2.24, 2.45) is 0 Å². The Labute approximate surface area is 255 Å². The summed E-state index contributed by atoms with van der Waals surface area (Å²) in [7, 11) is -4.41. The van der Waals surface area contributed by atoms with E-state index in [0.29, 0.717) is 11.1 Å². The molecule has 0 radical (unpaired) electrons. The van der Waals surface area contributed by atoms with Gasteiger partial charge in [0.2, 0.25) is 5.91 Å². The van der Waals surface area contributed by atoms with Crippen LogP contribution in [0.25, 0.3) is 0 Å². The van der Waals surface area contributed by atoms with Crippen LogP contribution >= 0.6 is 0 Å². The van der Waals surface area contributed by atoms with E-state index in [0.717, 1.165) is 35.0 Å². The molecular weight excluding hydrogens is 621 g/mol. The number of nitrogens with zero attached hydrogens (tertiary/aromatic N) is 2. The second-order valence-electron chi connectivity index (χ2n) is 10.9. The predicted molar refractivity (Wildman–Crippen MR) is 154 cm³/mol. The quantitative estimate of drug-likeness (QED) is 0.211. The largest absolute Gasteiger partial charge is 0.573 e. The summed E-state index contributed by atoms with van der Waals surface area (Å²) in [4.78, 5) is 41.9. The Balaban J connectivity index is 1.40. The van der Waals surface area contributed by atoms with Crippen LogP contribution < -0.4 is 25.7 Å². The zero-order valence-corrected chi connectivity index (χ0v) is 25.0. The van der Waals surface area contributed by atoms with Crippen LogP contribution in [0.2, 0.25) is 0 Å². The van der Waals surface area contributed by atoms with Gasteiger partial charge in [0.25, 0.3) is 15.6 Å². The molecule has 0 saturated heterocycles. The lowest BCUT2D eigenvalue weighted by Crippen LogP contribution is -2.37. The SMILES string of the molecule is CC(C)(C)OC(=O)NC(=N)c1ccc(CNC(=O)[C@@H]2CCc3ncc(NS(=O)(=O)c4ccc(OC(F)(F)F)cc4)c(=O)n32)cc1. The van der Waals surface area contributed by atoms with Gasteiger partial charge < -0.3 is 14.8 Å². The first-order valence-electron chi connectivity index (χ1n) is 13.4. The molecule has 45 heavy (non-hydrogen) atoms. The van der Waals surface area contributed by atoms with Crippen LogP contribution in [0.3, 0.4) is 0 Å². The summed E-state index contributed by atoms with van der Waals surface area (Å²) >= 11 is 0. The van der Waals surface area contributed by atoms with Gasteiger partial charge in [-0.2, -0.15) is 0 Å². The molecule has 0 spiro atoms. The molecule has 240 valence electrons. The Bertz CT molecular complexity index is 1770. The number of aromatic nitrogens is 2. The maximum Gasteiger partial charge on any atom is 0.573 e. The van der Waals surface area contributed by atoms with Crippen molar-refractivity contribution >= 4 is 33.5 Å². The van der Waals surface area contributed by atoms with E-state index in [4.69, 9.17) is 10.1 Å². The molecule has 13 nitrogen and oxygen atoms in total. The summed E-state index contributed by atoms with van der Waals surface area (Å²) in [5, 5.41) is 13.1. The zero-order chi connectivity index (χ0) is 33.2. The average Bonchev–Trinajstić information content (AvgIpc) is 3.37. The van der Waals surface area contributed by atoms with Crippen molar-refractivity contribution in [3.05, 3.63) is 82.0 Å². The molecule has 3 aromatic rings. The Hall–Kier alpha value is -4.93. The lowest BCUT2D eigenvalue weighted by Gasteiger charge is -2.19. The molecule has 0 bridgehead atoms. The molecule has 2 aromatic carbocycles. The van der Waals surface area contributed by atoms with Crippen molar-refractivity contribution in [2.45, 2.75) is 63.1 Å². The van der Waals surface area contributed by atoms with Crippen LogP contribution in [0, 0.1) is 5.41 Å². The van der Waals surface area contributed by atoms with E-state index in [2.05, 4.69) is 25.1 Å². The minimum absolute atomic E-state index is 0.0698. The van der Waals surface area contributed by atoms with E-state index in [1.807, 2.05) is 0 Å². The standard InChI is InChI=1S/C28H29F3N6O7S/c1-27(2,3)44-26(40)35-23(32)17-6-4-16(5-7-17)14-34-24(38)21-12-13-22-33-15-20(25(39)37(21)22)36-45(41,42)19-10-8-18(9-11-19)43-28(29,30)31/h4-11,15,21,36H,12-14H2,1-3H3,(H,34,38)(H2,32,35,40)/t21-/m0/s1. The molecule has 2 heterocycles. The summed E-state index contributed by atoms with van der Waals surface area (Å²) in [5.41, 5.74) is -0.935. The monoisotopic (exact) mass is 650 g/mol. The van der Waals surface area contributed by atoms with Gasteiger partial charge in [0, 0.05) is 18.5 Å². The fraction of sp³-hybridized carbons (Fsp3) is 0.321. The van der Waals surface area contributed by atoms with Crippen molar-refractivity contribution < 1.29 is 40.7 Å². The number of amides is 2. The molecule has 2 amide bonds. The fourth-order valence-corrected chi connectivity index (χ4v) is 5.36. The number of alkyl carbamates (subject to hydrolysis) is 1. The number of rotatable bonds is 8. The third-order valence-electron chi connectivity index (χ3n) is 6.27. The number of halogens is 3. The van der Waals surface area contributed by atoms with Crippen molar-refractivity contribution in [3.63, 3.8) is 0 Å². The highest BCUT2D eigenvalue weighted by atomic mass is 32.2. The van der Waals surface area contributed by atoms with Crippen LogP contribution in [-0.2, 0) is 32.5 Å². The van der Waals surface area contributed by atoms with Crippen LogP contribution in [-0.4, -0.2) is 47.8 Å². The van der Waals surface area contributed by atoms with E-state index in [9.17, 15) is 36.0 Å². The first kappa shape index (κ1) is 33.0. The highest BCUT2D eigenvalue weighted by molar-refractivity contribution is 7.92. The number of fused-ring (bicyclic) bond motifs is 1. The number of hydrogen-bond donors (Lipinski definition) is 4. The minimum Gasteiger partial charge on any atom is -0.444 e. The van der Waals surface area contributed by atoms with Crippen LogP contribution in [0.4, 0.5) is 23.7 Å². The molecule has 4 N–H and O–H groups in total. The van der Waals surface area contributed by atoms with Crippen molar-refractivity contribution in [1.29, 1.82) is 5.41 Å². The van der Waals surface area contributed by atoms with E-state index in [1.165, 1.54) is 0 Å². The average molecular weight is 651 g/mol. The molecule has 1 aliphatic heterocycles. The number of aryl methyl sites for hydroxylation is 1. The van der Waals surface area contributed by atoms with Gasteiger partial charge in [0.1, 0.15) is 34.7 Å². The first-order chi connectivity index (χ1) is 20.9. The third-order valence-corrected chi connectivity index (χ3v) is 7.65. The number of amidine groups is 1. The molecule has 0 saturated carbocycles. The van der Waals surface area contributed by atoms with Gasteiger partial charge in [-0.15, -0.1) is 13.2 Å². The zero-order valence-electron chi connectivity index (χ0n) is 24.2. The first-order valence-corrected chi connectivity index (χ1v) is 14.8. The Kier molecular flexibility index (Phi) is 9.22. The van der Waals surface area contributed by atoms with Gasteiger partial charge in [-0.25, -0.2) is 18.2 Å². The maximum absolute atomic E-state index is 13.2. The van der Waals surface area contributed by atoms with E-state index >= 15 is 0 Å². The number of anilines is 1. The highest BCUT2D eigenvalue weighted by Crippen LogP contribution is 2.26. The molecule has 0 aliphatic carbocycles. The Morgan fingerprint density at radius 2 is 1.71 bits per heavy atom. The van der Waals surface area contributed by atoms with Crippen LogP contribution in [0.5, 0.6) is 5.75 Å². The van der Waals surface area contributed by atoms with Crippen molar-refractivity contribution in [1.82, 2.24) is 20.2 Å². The molecule has 1 aromatic heterocycles. The number of ether oxygens (including phenoxy) is 2. The third kappa shape index (κ3) is 8.59. The maximum atomic E-state index is 13.2. The lowest BCUT2D eigenvalue weighted by molar-refractivity contribution is -0.274. The number of carbonyl (C=O) groups excluding carboxylic acids is 2.